The average Bonchev–Trinajstić information content (AvgIpc) is 2.72. The van der Waals surface area contributed by atoms with Crippen molar-refractivity contribution in [1.29, 1.82) is 0 Å². The smallest absolute Gasteiger partial charge is 0.255 e. The van der Waals surface area contributed by atoms with Gasteiger partial charge in [0.25, 0.3) is 5.91 Å². The maximum Gasteiger partial charge on any atom is 0.255 e. The molecule has 0 aromatic heterocycles. The van der Waals surface area contributed by atoms with Gasteiger partial charge in [-0.2, -0.15) is 0 Å². The third-order valence-electron chi connectivity index (χ3n) is 6.90. The normalized spacial score (nSPS) is 26.7. The summed E-state index contributed by atoms with van der Waals surface area (Å²) in [5, 5.41) is 43.4. The zero-order valence-corrected chi connectivity index (χ0v) is 18.5. The van der Waals surface area contributed by atoms with Gasteiger partial charge in [-0.3, -0.25) is 14.4 Å². The number of aliphatic hydroxyl groups excluding tert-OH is 2. The van der Waals surface area contributed by atoms with E-state index < -0.39 is 52.0 Å². The van der Waals surface area contributed by atoms with E-state index in [1.54, 1.807) is 25.1 Å². The van der Waals surface area contributed by atoms with Gasteiger partial charge in [-0.05, 0) is 30.4 Å². The molecule has 0 aliphatic heterocycles. The van der Waals surface area contributed by atoms with E-state index in [1.807, 2.05) is 0 Å². The summed E-state index contributed by atoms with van der Waals surface area (Å²) in [6.07, 6.45) is 0.0903. The number of hydrogen-bond acceptors (Lipinski definition) is 9. The van der Waals surface area contributed by atoms with Crippen molar-refractivity contribution in [3.63, 3.8) is 0 Å². The molecule has 10 nitrogen and oxygen atoms in total. The molecule has 4 rings (SSSR count). The van der Waals surface area contributed by atoms with Crippen molar-refractivity contribution in [3.05, 3.63) is 45.4 Å². The second kappa shape index (κ2) is 7.60. The number of fused-ring (bicyclic) bond motifs is 3. The first-order valence-corrected chi connectivity index (χ1v) is 10.5. The molecule has 1 amide bonds. The lowest BCUT2D eigenvalue weighted by Crippen LogP contribution is -2.57. The van der Waals surface area contributed by atoms with Gasteiger partial charge >= 0.3 is 0 Å². The number of aliphatic hydroxyl groups is 3. The van der Waals surface area contributed by atoms with Crippen LogP contribution in [0.4, 0.5) is 5.69 Å². The first kappa shape index (κ1) is 22.8. The van der Waals surface area contributed by atoms with Crippen LogP contribution in [0.25, 0.3) is 0 Å². The van der Waals surface area contributed by atoms with Crippen molar-refractivity contribution >= 4 is 23.2 Å². The van der Waals surface area contributed by atoms with Gasteiger partial charge in [0.1, 0.15) is 22.8 Å². The van der Waals surface area contributed by atoms with Crippen LogP contribution in [-0.2, 0) is 27.4 Å². The van der Waals surface area contributed by atoms with E-state index in [0.29, 0.717) is 16.8 Å². The maximum atomic E-state index is 13.6. The van der Waals surface area contributed by atoms with Crippen molar-refractivity contribution < 1.29 is 39.5 Å². The predicted octanol–water partition coefficient (Wildman–Crippen LogP) is 0.793. The van der Waals surface area contributed by atoms with Gasteiger partial charge in [0.05, 0.1) is 12.2 Å². The van der Waals surface area contributed by atoms with Crippen molar-refractivity contribution in [2.45, 2.75) is 31.5 Å². The first-order valence-electron chi connectivity index (χ1n) is 10.5. The highest BCUT2D eigenvalue weighted by Crippen LogP contribution is 2.52. The number of nitrogens with two attached hydrogens (primary N) is 1. The third-order valence-corrected chi connectivity index (χ3v) is 6.90. The molecule has 0 heterocycles. The molecule has 0 radical (unpaired) electrons. The molecule has 0 bridgehead atoms. The molecule has 0 fully saturated rings. The van der Waals surface area contributed by atoms with Crippen molar-refractivity contribution in [2.24, 2.45) is 17.6 Å². The molecule has 3 aliphatic rings. The second-order valence-electron chi connectivity index (χ2n) is 9.00. The summed E-state index contributed by atoms with van der Waals surface area (Å²) in [5.41, 5.74) is 3.28. The van der Waals surface area contributed by atoms with E-state index >= 15 is 0 Å². The number of carbonyl (C=O) groups excluding carboxylic acids is 3. The monoisotopic (exact) mass is 458 g/mol. The quantitative estimate of drug-likeness (QED) is 0.409. The average molecular weight is 458 g/mol. The first-order chi connectivity index (χ1) is 15.4. The fourth-order valence-electron chi connectivity index (χ4n) is 5.39. The topological polar surface area (TPSA) is 171 Å². The molecule has 0 saturated carbocycles. The molecule has 1 aromatic rings. The van der Waals surface area contributed by atoms with Crippen molar-refractivity contribution in [1.82, 2.24) is 0 Å². The molecule has 0 spiro atoms. The molecule has 33 heavy (non-hydrogen) atoms. The number of nitrogens with zero attached hydrogens (tertiary/aromatic N) is 1. The number of phenolic OH excluding ortho intramolecular Hbond substituents is 1. The van der Waals surface area contributed by atoms with Crippen molar-refractivity contribution in [2.75, 3.05) is 26.1 Å². The molecule has 3 aliphatic carbocycles. The fraction of sp³-hybridized carbons (Fsp3) is 0.435. The van der Waals surface area contributed by atoms with Crippen LogP contribution in [0, 0.1) is 11.8 Å². The molecular weight excluding hydrogens is 432 g/mol. The summed E-state index contributed by atoms with van der Waals surface area (Å²) in [6, 6.07) is 1.73. The Balaban J connectivity index is 1.93. The Labute approximate surface area is 189 Å². The molecule has 0 saturated heterocycles. The van der Waals surface area contributed by atoms with Gasteiger partial charge in [0, 0.05) is 50.4 Å². The Hall–Kier alpha value is -3.37. The van der Waals surface area contributed by atoms with E-state index in [4.69, 9.17) is 10.5 Å². The number of methoxy groups -OCH3 is 1. The number of rotatable bonds is 4. The number of anilines is 1. The van der Waals surface area contributed by atoms with Crippen LogP contribution < -0.4 is 10.6 Å². The Bertz CT molecular complexity index is 1170. The zero-order chi connectivity index (χ0) is 24.4. The van der Waals surface area contributed by atoms with E-state index in [1.165, 1.54) is 7.11 Å². The van der Waals surface area contributed by atoms with E-state index in [-0.39, 0.29) is 42.8 Å². The van der Waals surface area contributed by atoms with Crippen LogP contribution in [0.5, 0.6) is 5.75 Å². The third kappa shape index (κ3) is 3.05. The number of primary amides is 1. The number of ether oxygens (including phenoxy) is 1. The Morgan fingerprint density at radius 2 is 1.91 bits per heavy atom. The van der Waals surface area contributed by atoms with Crippen LogP contribution in [0.1, 0.15) is 34.3 Å². The van der Waals surface area contributed by atoms with Crippen LogP contribution in [0.3, 0.4) is 0 Å². The second-order valence-corrected chi connectivity index (χ2v) is 9.00. The number of phenols is 1. The Kier molecular flexibility index (Phi) is 5.25. The zero-order valence-electron chi connectivity index (χ0n) is 18.5. The summed E-state index contributed by atoms with van der Waals surface area (Å²) in [7, 11) is 5.04. The summed E-state index contributed by atoms with van der Waals surface area (Å²) in [4.78, 5) is 40.1. The largest absolute Gasteiger partial charge is 0.511 e. The number of carbonyl (C=O) groups is 3. The molecule has 10 heteroatoms. The van der Waals surface area contributed by atoms with Gasteiger partial charge in [0.15, 0.2) is 11.4 Å². The minimum absolute atomic E-state index is 0.0233. The number of Topliss-reactive ketones (excluding diaryl/α,β-unsaturated/α-hetero) is 2. The number of ketones is 2. The highest BCUT2D eigenvalue weighted by Gasteiger charge is 2.59. The molecule has 3 atom stereocenters. The highest BCUT2D eigenvalue weighted by atomic mass is 16.5. The lowest BCUT2D eigenvalue weighted by molar-refractivity contribution is -0.144. The standard InChI is InChI=1S/C23H26N2O8/c1-25(2)13-6-10(8-33-3)18(27)16-12(13)5-9-4-11-7-14(26)17(22(24)31)21(30)23(11,32)20(29)15(9)19(16)28/h6,9,11,26-27,29,32H,4-5,7-8H2,1-3H3,(H2,24,31)/t9-,11+,23+/m1/s1. The highest BCUT2D eigenvalue weighted by molar-refractivity contribution is 6.24. The number of amides is 1. The maximum absolute atomic E-state index is 13.6. The Morgan fingerprint density at radius 1 is 1.24 bits per heavy atom. The van der Waals surface area contributed by atoms with Crippen LogP contribution >= 0.6 is 0 Å². The fourth-order valence-corrected chi connectivity index (χ4v) is 5.39. The minimum Gasteiger partial charge on any atom is -0.511 e. The molecular formula is C23H26N2O8. The van der Waals surface area contributed by atoms with E-state index in [9.17, 15) is 34.8 Å². The molecule has 1 aromatic carbocycles. The van der Waals surface area contributed by atoms with Gasteiger partial charge < -0.3 is 35.8 Å². The van der Waals surface area contributed by atoms with Crippen LogP contribution in [-0.4, -0.2) is 64.7 Å². The van der Waals surface area contributed by atoms with Crippen molar-refractivity contribution in [3.8, 4) is 5.75 Å². The van der Waals surface area contributed by atoms with Gasteiger partial charge in [-0.15, -0.1) is 0 Å². The van der Waals surface area contributed by atoms with E-state index in [2.05, 4.69) is 0 Å². The number of aromatic hydroxyl groups is 1. The lowest BCUT2D eigenvalue weighted by Gasteiger charge is -2.46. The Morgan fingerprint density at radius 3 is 2.48 bits per heavy atom. The SMILES string of the molecule is COCc1cc(N(C)C)c2c(c1O)C(=O)C1=C(O)[C@]3(O)C(=O)C(C(N)=O)=C(O)C[C@@H]3C[C@@H]1C2. The van der Waals surface area contributed by atoms with Crippen LogP contribution in [0.2, 0.25) is 0 Å². The molecule has 176 valence electrons. The van der Waals surface area contributed by atoms with Gasteiger partial charge in [-0.1, -0.05) is 0 Å². The van der Waals surface area contributed by atoms with E-state index in [0.717, 1.165) is 0 Å². The molecule has 6 N–H and O–H groups in total. The predicted molar refractivity (Wildman–Crippen MR) is 116 cm³/mol. The summed E-state index contributed by atoms with van der Waals surface area (Å²) in [6.45, 7) is 0.0399. The summed E-state index contributed by atoms with van der Waals surface area (Å²) in [5.74, 6) is -6.41. The summed E-state index contributed by atoms with van der Waals surface area (Å²) >= 11 is 0. The summed E-state index contributed by atoms with van der Waals surface area (Å²) < 4.78 is 5.13. The lowest BCUT2D eigenvalue weighted by atomic mass is 9.60. The van der Waals surface area contributed by atoms with Gasteiger partial charge in [-0.25, -0.2) is 0 Å². The number of hydrogen-bond donors (Lipinski definition) is 5. The number of benzene rings is 1. The number of allylic oxidation sites excluding steroid dienone is 2. The van der Waals surface area contributed by atoms with Crippen LogP contribution in [0.15, 0.2) is 28.7 Å². The van der Waals surface area contributed by atoms with Gasteiger partial charge in [0.2, 0.25) is 5.78 Å². The molecule has 0 unspecified atom stereocenters. The minimum atomic E-state index is -2.57.